The molecule has 0 aliphatic carbocycles. The van der Waals surface area contributed by atoms with E-state index in [2.05, 4.69) is 4.36 Å². The molecular formula is C7H18N4O2S. The smallest absolute Gasteiger partial charge is 0.347 e. The molecule has 0 rings (SSSR count). The fourth-order valence-corrected chi connectivity index (χ4v) is 2.57. The Kier molecular flexibility index (Phi) is 5.03. The predicted molar refractivity (Wildman–Crippen MR) is 56.9 cm³/mol. The van der Waals surface area contributed by atoms with E-state index in [1.165, 1.54) is 0 Å². The molecule has 2 atom stereocenters. The molecule has 0 saturated carbocycles. The molecule has 0 bridgehead atoms. The topological polar surface area (TPSA) is 102 Å². The van der Waals surface area contributed by atoms with E-state index < -0.39 is 15.9 Å². The van der Waals surface area contributed by atoms with E-state index in [4.69, 9.17) is 10.9 Å². The molecule has 0 radical (unpaired) electrons. The molecule has 2 unspecified atom stereocenters. The molecule has 84 valence electrons. The van der Waals surface area contributed by atoms with E-state index >= 15 is 0 Å². The van der Waals surface area contributed by atoms with Crippen LogP contribution in [0.15, 0.2) is 4.36 Å². The van der Waals surface area contributed by atoms with Gasteiger partial charge in [0.05, 0.1) is 0 Å². The first-order chi connectivity index (χ1) is 6.23. The van der Waals surface area contributed by atoms with Crippen LogP contribution in [0.4, 0.5) is 4.79 Å². The molecule has 14 heavy (non-hydrogen) atoms. The zero-order valence-electron chi connectivity index (χ0n) is 8.77. The number of primary amides is 1. The Bertz CT molecular complexity index is 307. The Morgan fingerprint density at radius 2 is 2.07 bits per heavy atom. The largest absolute Gasteiger partial charge is 0.349 e. The number of carbonyl (C=O) groups is 1. The lowest BCUT2D eigenvalue weighted by molar-refractivity contribution is 0.257. The van der Waals surface area contributed by atoms with Gasteiger partial charge in [-0.05, 0) is 20.0 Å². The molecule has 0 aromatic rings. The number of nitrogens with zero attached hydrogens (tertiary/aromatic N) is 2. The quantitative estimate of drug-likeness (QED) is 0.676. The van der Waals surface area contributed by atoms with Crippen molar-refractivity contribution < 1.29 is 9.00 Å². The van der Waals surface area contributed by atoms with Gasteiger partial charge in [-0.3, -0.25) is 0 Å². The maximum Gasteiger partial charge on any atom is 0.347 e. The first kappa shape index (κ1) is 13.3. The average Bonchev–Trinajstić information content (AvgIpc) is 1.77. The Morgan fingerprint density at radius 3 is 2.43 bits per heavy atom. The van der Waals surface area contributed by atoms with Gasteiger partial charge in [-0.1, -0.05) is 6.92 Å². The number of nitrogens with two attached hydrogens (primary N) is 2. The minimum atomic E-state index is -2.95. The summed E-state index contributed by atoms with van der Waals surface area (Å²) in [6, 6.07) is -0.977. The molecule has 2 amide bonds. The first-order valence-electron chi connectivity index (χ1n) is 4.19. The van der Waals surface area contributed by atoms with E-state index in [9.17, 15) is 9.00 Å². The van der Waals surface area contributed by atoms with Crippen molar-refractivity contribution in [3.05, 3.63) is 0 Å². The Morgan fingerprint density at radius 1 is 1.57 bits per heavy atom. The van der Waals surface area contributed by atoms with Crippen molar-refractivity contribution in [2.45, 2.75) is 6.92 Å². The molecule has 6 nitrogen and oxygen atoms in total. The van der Waals surface area contributed by atoms with Crippen molar-refractivity contribution in [3.8, 4) is 0 Å². The van der Waals surface area contributed by atoms with Gasteiger partial charge in [0.25, 0.3) is 0 Å². The van der Waals surface area contributed by atoms with Crippen LogP contribution in [-0.2, 0) is 9.92 Å². The summed E-state index contributed by atoms with van der Waals surface area (Å²) >= 11 is 0. The number of hydrogen-bond donors (Lipinski definition) is 2. The van der Waals surface area contributed by atoms with E-state index in [-0.39, 0.29) is 11.7 Å². The van der Waals surface area contributed by atoms with Crippen LogP contribution >= 0.6 is 0 Å². The second-order valence-corrected chi connectivity index (χ2v) is 5.55. The molecule has 0 spiro atoms. The molecule has 0 heterocycles. The number of urea groups is 1. The third-order valence-corrected chi connectivity index (χ3v) is 2.98. The molecule has 7 heteroatoms. The fraction of sp³-hybridized carbons (Fsp3) is 0.857. The summed E-state index contributed by atoms with van der Waals surface area (Å²) in [6.45, 7) is 2.63. The number of carbonyl (C=O) groups excluding carboxylic acids is 1. The molecule has 0 aliphatic heterocycles. The maximum absolute atomic E-state index is 11.5. The fourth-order valence-electron chi connectivity index (χ4n) is 1.27. The number of amides is 2. The zero-order valence-corrected chi connectivity index (χ0v) is 9.58. The first-order valence-corrected chi connectivity index (χ1v) is 5.94. The van der Waals surface area contributed by atoms with Crippen molar-refractivity contribution in [2.75, 3.05) is 26.4 Å². The summed E-state index contributed by atoms with van der Waals surface area (Å²) in [5.74, 6) is 0.277. The summed E-state index contributed by atoms with van der Waals surface area (Å²) in [5.41, 5.74) is 4.78. The monoisotopic (exact) mass is 222 g/mol. The van der Waals surface area contributed by atoms with Gasteiger partial charge < -0.3 is 10.6 Å². The molecule has 0 aromatic heterocycles. The van der Waals surface area contributed by atoms with Crippen molar-refractivity contribution >= 4 is 15.9 Å². The van der Waals surface area contributed by atoms with Gasteiger partial charge in [0.2, 0.25) is 0 Å². The van der Waals surface area contributed by atoms with Crippen LogP contribution in [0, 0.1) is 5.92 Å². The summed E-state index contributed by atoms with van der Waals surface area (Å²) in [4.78, 5) is 12.4. The van der Waals surface area contributed by atoms with Crippen LogP contribution in [0.2, 0.25) is 0 Å². The van der Waals surface area contributed by atoms with Crippen molar-refractivity contribution in [1.82, 2.24) is 4.90 Å². The van der Waals surface area contributed by atoms with E-state index in [1.54, 1.807) is 0 Å². The van der Waals surface area contributed by atoms with Crippen molar-refractivity contribution in [2.24, 2.45) is 21.2 Å². The highest BCUT2D eigenvalue weighted by molar-refractivity contribution is 7.91. The highest BCUT2D eigenvalue weighted by Gasteiger charge is 2.11. The lowest BCUT2D eigenvalue weighted by atomic mass is 10.2. The lowest BCUT2D eigenvalue weighted by Gasteiger charge is -2.16. The second-order valence-electron chi connectivity index (χ2n) is 3.65. The lowest BCUT2D eigenvalue weighted by Crippen LogP contribution is -2.29. The van der Waals surface area contributed by atoms with Crippen LogP contribution < -0.4 is 10.9 Å². The molecule has 0 aliphatic rings. The Balaban J connectivity index is 4.37. The zero-order chi connectivity index (χ0) is 11.4. The van der Waals surface area contributed by atoms with Crippen LogP contribution in [-0.4, -0.2) is 41.5 Å². The van der Waals surface area contributed by atoms with Gasteiger partial charge in [0.15, 0.2) is 0 Å². The third-order valence-electron chi connectivity index (χ3n) is 1.44. The van der Waals surface area contributed by atoms with Gasteiger partial charge in [-0.15, -0.1) is 4.36 Å². The molecular weight excluding hydrogens is 204 g/mol. The van der Waals surface area contributed by atoms with Crippen LogP contribution in [0.25, 0.3) is 0 Å². The minimum absolute atomic E-state index is 0.102. The van der Waals surface area contributed by atoms with Crippen molar-refractivity contribution in [3.63, 3.8) is 0 Å². The number of hydrogen-bond acceptors (Lipinski definition) is 3. The molecule has 0 saturated heterocycles. The average molecular weight is 222 g/mol. The van der Waals surface area contributed by atoms with Crippen LogP contribution in [0.3, 0.4) is 0 Å². The third kappa shape index (κ3) is 6.81. The normalized spacial score (nSPS) is 17.5. The summed E-state index contributed by atoms with van der Waals surface area (Å²) < 4.78 is 14.7. The van der Waals surface area contributed by atoms with Gasteiger partial charge in [0, 0.05) is 12.3 Å². The van der Waals surface area contributed by atoms with Crippen LogP contribution in [0.5, 0.6) is 0 Å². The maximum atomic E-state index is 11.5. The van der Waals surface area contributed by atoms with Gasteiger partial charge in [-0.25, -0.2) is 14.1 Å². The molecule has 4 N–H and O–H groups in total. The predicted octanol–water partition coefficient (Wildman–Crippen LogP) is -0.395. The highest BCUT2D eigenvalue weighted by Crippen LogP contribution is 2.01. The number of rotatable bonds is 4. The Labute approximate surface area is 84.9 Å². The molecule has 0 aromatic carbocycles. The van der Waals surface area contributed by atoms with Gasteiger partial charge in [-0.2, -0.15) is 0 Å². The van der Waals surface area contributed by atoms with E-state index in [0.717, 1.165) is 6.54 Å². The summed E-state index contributed by atoms with van der Waals surface area (Å²) in [7, 11) is 0.854. The molecule has 0 fully saturated rings. The summed E-state index contributed by atoms with van der Waals surface area (Å²) in [5, 5.41) is 5.34. The SMILES string of the molecule is CC(CN(C)C)CS(N)(=O)=NC(N)=O. The second kappa shape index (κ2) is 5.28. The van der Waals surface area contributed by atoms with E-state index in [1.807, 2.05) is 25.9 Å². The van der Waals surface area contributed by atoms with Crippen LogP contribution in [0.1, 0.15) is 6.92 Å². The van der Waals surface area contributed by atoms with Gasteiger partial charge >= 0.3 is 6.03 Å². The highest BCUT2D eigenvalue weighted by atomic mass is 32.2. The summed E-state index contributed by atoms with van der Waals surface area (Å²) in [6.07, 6.45) is 0. The Hall–Kier alpha value is -0.660. The van der Waals surface area contributed by atoms with Crippen molar-refractivity contribution in [1.29, 1.82) is 0 Å². The minimum Gasteiger partial charge on any atom is -0.349 e. The van der Waals surface area contributed by atoms with E-state index in [0.29, 0.717) is 0 Å². The van der Waals surface area contributed by atoms with Gasteiger partial charge in [0.1, 0.15) is 9.92 Å². The standard InChI is InChI=1S/C7H18N4O2S/c1-6(4-11(2)3)5-14(9,13)10-7(8)12/h6H,4-5H2,1-3H3,(H4,8,9,10,12,13).